The van der Waals surface area contributed by atoms with E-state index in [0.717, 1.165) is 24.8 Å². The van der Waals surface area contributed by atoms with Crippen LogP contribution in [-0.4, -0.2) is 23.7 Å². The van der Waals surface area contributed by atoms with Crippen molar-refractivity contribution in [2.24, 2.45) is 5.92 Å². The van der Waals surface area contributed by atoms with E-state index in [0.29, 0.717) is 12.0 Å². The third-order valence-electron chi connectivity index (χ3n) is 4.41. The highest BCUT2D eigenvalue weighted by atomic mass is 16.5. The molecule has 0 amide bonds. The molecule has 1 saturated carbocycles. The van der Waals surface area contributed by atoms with E-state index in [1.165, 1.54) is 0 Å². The van der Waals surface area contributed by atoms with Crippen LogP contribution in [0.2, 0.25) is 0 Å². The summed E-state index contributed by atoms with van der Waals surface area (Å²) in [4.78, 5) is 24.6. The van der Waals surface area contributed by atoms with Crippen molar-refractivity contribution in [3.05, 3.63) is 35.4 Å². The highest BCUT2D eigenvalue weighted by molar-refractivity contribution is 6.06. The van der Waals surface area contributed by atoms with Gasteiger partial charge in [-0.2, -0.15) is 0 Å². The van der Waals surface area contributed by atoms with Gasteiger partial charge in [0.05, 0.1) is 6.61 Å². The van der Waals surface area contributed by atoms with Crippen LogP contribution >= 0.6 is 0 Å². The minimum atomic E-state index is -1.58. The Hall–Kier alpha value is -1.84. The molecule has 1 unspecified atom stereocenters. The van der Waals surface area contributed by atoms with Crippen LogP contribution in [-0.2, 0) is 19.7 Å². The average Bonchev–Trinajstić information content (AvgIpc) is 2.39. The summed E-state index contributed by atoms with van der Waals surface area (Å²) in [5.74, 6) is -1.47. The van der Waals surface area contributed by atoms with Gasteiger partial charge in [-0.05, 0) is 37.3 Å². The Kier molecular flexibility index (Phi) is 4.66. The van der Waals surface area contributed by atoms with Gasteiger partial charge < -0.3 is 9.84 Å². The largest absolute Gasteiger partial charge is 0.480 e. The van der Waals surface area contributed by atoms with Gasteiger partial charge in [0.15, 0.2) is 5.41 Å². The summed E-state index contributed by atoms with van der Waals surface area (Å²) >= 11 is 0. The molecule has 0 aliphatic heterocycles. The van der Waals surface area contributed by atoms with Gasteiger partial charge >= 0.3 is 11.9 Å². The predicted molar refractivity (Wildman–Crippen MR) is 79.1 cm³/mol. The van der Waals surface area contributed by atoms with E-state index in [9.17, 15) is 14.7 Å². The maximum Gasteiger partial charge on any atom is 0.328 e. The molecule has 0 spiro atoms. The van der Waals surface area contributed by atoms with E-state index in [1.54, 1.807) is 19.1 Å². The van der Waals surface area contributed by atoms with E-state index in [1.807, 2.05) is 19.1 Å². The number of carbonyl (C=O) groups is 2. The number of hydrogen-bond acceptors (Lipinski definition) is 3. The van der Waals surface area contributed by atoms with Crippen LogP contribution in [0.25, 0.3) is 0 Å². The van der Waals surface area contributed by atoms with E-state index in [-0.39, 0.29) is 12.5 Å². The van der Waals surface area contributed by atoms with Crippen LogP contribution in [0.1, 0.15) is 43.7 Å². The fourth-order valence-corrected chi connectivity index (χ4v) is 3.03. The molecule has 1 fully saturated rings. The second kappa shape index (κ2) is 6.29. The summed E-state index contributed by atoms with van der Waals surface area (Å²) in [6, 6.07) is 7.20. The molecule has 21 heavy (non-hydrogen) atoms. The first kappa shape index (κ1) is 15.5. The first-order valence-electron chi connectivity index (χ1n) is 7.49. The molecule has 0 aromatic heterocycles. The van der Waals surface area contributed by atoms with E-state index < -0.39 is 17.4 Å². The number of esters is 1. The van der Waals surface area contributed by atoms with Crippen LogP contribution in [0.5, 0.6) is 0 Å². The van der Waals surface area contributed by atoms with Crippen LogP contribution in [0.4, 0.5) is 0 Å². The summed E-state index contributed by atoms with van der Waals surface area (Å²) < 4.78 is 5.13. The number of carboxylic acids is 1. The van der Waals surface area contributed by atoms with Crippen LogP contribution < -0.4 is 0 Å². The lowest BCUT2D eigenvalue weighted by molar-refractivity contribution is -0.163. The third kappa shape index (κ3) is 2.80. The Morgan fingerprint density at radius 3 is 2.48 bits per heavy atom. The Bertz CT molecular complexity index is 533. The number of aliphatic carboxylic acids is 1. The third-order valence-corrected chi connectivity index (χ3v) is 4.41. The molecule has 0 saturated heterocycles. The normalized spacial score (nSPS) is 17.6. The summed E-state index contributed by atoms with van der Waals surface area (Å²) in [6.45, 7) is 3.73. The molecule has 1 N–H and O–H groups in total. The highest BCUT2D eigenvalue weighted by Gasteiger charge is 2.51. The molecule has 0 bridgehead atoms. The van der Waals surface area contributed by atoms with Crippen LogP contribution in [0, 0.1) is 12.8 Å². The second-order valence-electron chi connectivity index (χ2n) is 5.75. The van der Waals surface area contributed by atoms with Crippen molar-refractivity contribution in [2.75, 3.05) is 6.61 Å². The van der Waals surface area contributed by atoms with Gasteiger partial charge in [0.2, 0.25) is 0 Å². The molecule has 1 aromatic rings. The fourth-order valence-electron chi connectivity index (χ4n) is 3.03. The minimum Gasteiger partial charge on any atom is -0.480 e. The zero-order valence-corrected chi connectivity index (χ0v) is 12.6. The molecule has 0 heterocycles. The summed E-state index contributed by atoms with van der Waals surface area (Å²) in [6.07, 6.45) is 3.41. The lowest BCUT2D eigenvalue weighted by Crippen LogP contribution is -2.47. The van der Waals surface area contributed by atoms with Gasteiger partial charge in [0.25, 0.3) is 0 Å². The monoisotopic (exact) mass is 290 g/mol. The predicted octanol–water partition coefficient (Wildman–Crippen LogP) is 3.07. The Morgan fingerprint density at radius 1 is 1.33 bits per heavy atom. The smallest absolute Gasteiger partial charge is 0.328 e. The van der Waals surface area contributed by atoms with Crippen molar-refractivity contribution >= 4 is 11.9 Å². The van der Waals surface area contributed by atoms with Gasteiger partial charge in [0, 0.05) is 0 Å². The van der Waals surface area contributed by atoms with Crippen molar-refractivity contribution in [2.45, 2.75) is 44.9 Å². The van der Waals surface area contributed by atoms with Crippen LogP contribution in [0.15, 0.2) is 24.3 Å². The number of carboxylic acid groups (broad SMARTS) is 1. The van der Waals surface area contributed by atoms with Crippen molar-refractivity contribution in [1.29, 1.82) is 0 Å². The van der Waals surface area contributed by atoms with Gasteiger partial charge in [-0.3, -0.25) is 9.59 Å². The summed E-state index contributed by atoms with van der Waals surface area (Å²) in [5, 5.41) is 9.87. The number of hydrogen-bond donors (Lipinski definition) is 1. The first-order valence-corrected chi connectivity index (χ1v) is 7.49. The van der Waals surface area contributed by atoms with Gasteiger partial charge in [0.1, 0.15) is 0 Å². The molecular weight excluding hydrogens is 268 g/mol. The molecular formula is C17H22O4. The Balaban J connectivity index is 2.51. The van der Waals surface area contributed by atoms with Crippen molar-refractivity contribution in [3.8, 4) is 0 Å². The molecule has 114 valence electrons. The van der Waals surface area contributed by atoms with E-state index >= 15 is 0 Å². The van der Waals surface area contributed by atoms with Gasteiger partial charge in [-0.1, -0.05) is 43.5 Å². The number of carbonyl (C=O) groups excluding carboxylic acids is 1. The summed E-state index contributed by atoms with van der Waals surface area (Å²) in [7, 11) is 0. The lowest BCUT2D eigenvalue weighted by Gasteiger charge is -2.35. The van der Waals surface area contributed by atoms with Crippen molar-refractivity contribution < 1.29 is 19.4 Å². The van der Waals surface area contributed by atoms with Gasteiger partial charge in [-0.15, -0.1) is 0 Å². The Morgan fingerprint density at radius 2 is 2.00 bits per heavy atom. The Labute approximate surface area is 125 Å². The molecule has 4 heteroatoms. The molecule has 2 rings (SSSR count). The van der Waals surface area contributed by atoms with E-state index in [2.05, 4.69) is 0 Å². The maximum absolute atomic E-state index is 12.5. The van der Waals surface area contributed by atoms with Gasteiger partial charge in [-0.25, -0.2) is 0 Å². The van der Waals surface area contributed by atoms with E-state index in [4.69, 9.17) is 4.74 Å². The van der Waals surface area contributed by atoms with Crippen LogP contribution in [0.3, 0.4) is 0 Å². The van der Waals surface area contributed by atoms with Crippen molar-refractivity contribution in [1.82, 2.24) is 0 Å². The number of aryl methyl sites for hydroxylation is 1. The zero-order chi connectivity index (χ0) is 15.5. The number of rotatable bonds is 6. The number of ether oxygens (including phenoxy) is 1. The SMILES string of the molecule is CCOC(=O)C(CC1CCC1)(C(=O)O)c1ccccc1C. The minimum absolute atomic E-state index is 0.185. The maximum atomic E-state index is 12.5. The molecule has 1 aromatic carbocycles. The highest BCUT2D eigenvalue weighted by Crippen LogP contribution is 2.41. The lowest BCUT2D eigenvalue weighted by atomic mass is 9.67. The second-order valence-corrected chi connectivity index (χ2v) is 5.75. The molecule has 1 aliphatic carbocycles. The first-order chi connectivity index (χ1) is 10.0. The topological polar surface area (TPSA) is 63.6 Å². The summed E-state index contributed by atoms with van der Waals surface area (Å²) in [5.41, 5.74) is -0.206. The standard InChI is InChI=1S/C17H22O4/c1-3-21-16(20)17(15(18)19,11-13-8-6-9-13)14-10-5-4-7-12(14)2/h4-5,7,10,13H,3,6,8-9,11H2,1-2H3,(H,18,19). The number of benzene rings is 1. The molecule has 1 aliphatic rings. The molecule has 1 atom stereocenters. The molecule has 0 radical (unpaired) electrons. The fraction of sp³-hybridized carbons (Fsp3) is 0.529. The van der Waals surface area contributed by atoms with Crippen molar-refractivity contribution in [3.63, 3.8) is 0 Å². The quantitative estimate of drug-likeness (QED) is 0.646. The average molecular weight is 290 g/mol. The molecule has 4 nitrogen and oxygen atoms in total. The zero-order valence-electron chi connectivity index (χ0n) is 12.6.